The van der Waals surface area contributed by atoms with Gasteiger partial charge in [-0.25, -0.2) is 0 Å². The first kappa shape index (κ1) is 17.9. The van der Waals surface area contributed by atoms with Crippen LogP contribution in [0.25, 0.3) is 0 Å². The van der Waals surface area contributed by atoms with E-state index in [2.05, 4.69) is 31.0 Å². The van der Waals surface area contributed by atoms with Crippen LogP contribution in [0.3, 0.4) is 0 Å². The van der Waals surface area contributed by atoms with Gasteiger partial charge in [-0.2, -0.15) is 0 Å². The van der Waals surface area contributed by atoms with Crippen LogP contribution in [0, 0.1) is 0 Å². The number of hydrogen-bond acceptors (Lipinski definition) is 4. The van der Waals surface area contributed by atoms with Crippen LogP contribution in [0.1, 0.15) is 52.9 Å². The van der Waals surface area contributed by atoms with Crippen LogP contribution >= 0.6 is 0 Å². The lowest BCUT2D eigenvalue weighted by molar-refractivity contribution is -0.0301. The van der Waals surface area contributed by atoms with Crippen molar-refractivity contribution in [2.75, 3.05) is 39.4 Å². The predicted molar refractivity (Wildman–Crippen MR) is 84.1 cm³/mol. The van der Waals surface area contributed by atoms with Gasteiger partial charge in [0.25, 0.3) is 0 Å². The van der Waals surface area contributed by atoms with Gasteiger partial charge in [0.05, 0.1) is 19.3 Å². The van der Waals surface area contributed by atoms with Crippen LogP contribution in [0.4, 0.5) is 0 Å². The van der Waals surface area contributed by atoms with Gasteiger partial charge in [-0.15, -0.1) is 0 Å². The Labute approximate surface area is 124 Å². The molecule has 0 aromatic rings. The highest BCUT2D eigenvalue weighted by molar-refractivity contribution is 4.82. The second kappa shape index (κ2) is 9.72. The summed E-state index contributed by atoms with van der Waals surface area (Å²) in [4.78, 5) is 2.52. The van der Waals surface area contributed by atoms with Gasteiger partial charge in [-0.1, -0.05) is 20.3 Å². The van der Waals surface area contributed by atoms with E-state index >= 15 is 0 Å². The fourth-order valence-electron chi connectivity index (χ4n) is 2.73. The summed E-state index contributed by atoms with van der Waals surface area (Å²) in [6.45, 7) is 11.9. The maximum Gasteiger partial charge on any atom is 0.0700 e. The number of morpholine rings is 1. The van der Waals surface area contributed by atoms with Gasteiger partial charge >= 0.3 is 0 Å². The van der Waals surface area contributed by atoms with Crippen molar-refractivity contribution in [3.05, 3.63) is 0 Å². The lowest BCUT2D eigenvalue weighted by Gasteiger charge is -2.33. The molecule has 2 unspecified atom stereocenters. The Morgan fingerprint density at radius 1 is 1.35 bits per heavy atom. The molecule has 2 atom stereocenters. The molecular weight excluding hydrogens is 252 g/mol. The normalized spacial score (nSPS) is 23.7. The van der Waals surface area contributed by atoms with Gasteiger partial charge in [0, 0.05) is 18.6 Å². The summed E-state index contributed by atoms with van der Waals surface area (Å²) in [6.07, 6.45) is 6.08. The summed E-state index contributed by atoms with van der Waals surface area (Å²) < 4.78 is 5.69. The van der Waals surface area contributed by atoms with Crippen LogP contribution in [-0.2, 0) is 4.74 Å². The molecule has 0 aromatic carbocycles. The molecule has 0 spiro atoms. The molecule has 120 valence electrons. The van der Waals surface area contributed by atoms with Crippen molar-refractivity contribution < 1.29 is 9.84 Å². The summed E-state index contributed by atoms with van der Waals surface area (Å²) in [5, 5.41) is 13.0. The zero-order chi connectivity index (χ0) is 14.8. The van der Waals surface area contributed by atoms with Crippen LogP contribution in [0.15, 0.2) is 0 Å². The molecule has 0 aromatic heterocycles. The fourth-order valence-corrected chi connectivity index (χ4v) is 2.73. The van der Waals surface area contributed by atoms with E-state index in [1.165, 1.54) is 12.8 Å². The SMILES string of the molecule is CCCNC(C)(CO)CCCCN1CCOC(CC)C1. The van der Waals surface area contributed by atoms with Crippen molar-refractivity contribution in [3.8, 4) is 0 Å². The van der Waals surface area contributed by atoms with Crippen molar-refractivity contribution in [3.63, 3.8) is 0 Å². The largest absolute Gasteiger partial charge is 0.394 e. The summed E-state index contributed by atoms with van der Waals surface area (Å²) in [5.74, 6) is 0. The Kier molecular flexibility index (Phi) is 8.69. The number of hydrogen-bond donors (Lipinski definition) is 2. The third-order valence-corrected chi connectivity index (χ3v) is 4.28. The average molecular weight is 286 g/mol. The topological polar surface area (TPSA) is 44.7 Å². The molecule has 4 nitrogen and oxygen atoms in total. The van der Waals surface area contributed by atoms with Crippen molar-refractivity contribution >= 4 is 0 Å². The Balaban J connectivity index is 2.16. The van der Waals surface area contributed by atoms with Gasteiger partial charge in [0.1, 0.15) is 0 Å². The highest BCUT2D eigenvalue weighted by Crippen LogP contribution is 2.15. The molecule has 1 fully saturated rings. The average Bonchev–Trinajstić information content (AvgIpc) is 2.50. The molecule has 1 heterocycles. The summed E-state index contributed by atoms with van der Waals surface area (Å²) in [5.41, 5.74) is -0.104. The maximum atomic E-state index is 9.54. The first-order chi connectivity index (χ1) is 9.63. The Morgan fingerprint density at radius 3 is 2.80 bits per heavy atom. The van der Waals surface area contributed by atoms with E-state index in [9.17, 15) is 5.11 Å². The van der Waals surface area contributed by atoms with Crippen LogP contribution in [0.5, 0.6) is 0 Å². The monoisotopic (exact) mass is 286 g/mol. The molecule has 0 radical (unpaired) electrons. The highest BCUT2D eigenvalue weighted by atomic mass is 16.5. The molecule has 1 saturated heterocycles. The maximum absolute atomic E-state index is 9.54. The molecular formula is C16H34N2O2. The summed E-state index contributed by atoms with van der Waals surface area (Å²) >= 11 is 0. The standard InChI is InChI=1S/C16H34N2O2/c1-4-9-17-16(3,14-19)8-6-7-10-18-11-12-20-15(5-2)13-18/h15,17,19H,4-14H2,1-3H3. The number of nitrogens with one attached hydrogen (secondary N) is 1. The third-order valence-electron chi connectivity index (χ3n) is 4.28. The van der Waals surface area contributed by atoms with Crippen molar-refractivity contribution in [1.29, 1.82) is 0 Å². The summed E-state index contributed by atoms with van der Waals surface area (Å²) in [7, 11) is 0. The third kappa shape index (κ3) is 6.53. The molecule has 1 aliphatic heterocycles. The lowest BCUT2D eigenvalue weighted by Crippen LogP contribution is -2.46. The Hall–Kier alpha value is -0.160. The first-order valence-corrected chi connectivity index (χ1v) is 8.33. The summed E-state index contributed by atoms with van der Waals surface area (Å²) in [6, 6.07) is 0. The minimum Gasteiger partial charge on any atom is -0.394 e. The van der Waals surface area contributed by atoms with Gasteiger partial charge in [0.15, 0.2) is 0 Å². The van der Waals surface area contributed by atoms with E-state index in [0.29, 0.717) is 6.10 Å². The van der Waals surface area contributed by atoms with Crippen LogP contribution in [-0.4, -0.2) is 61.0 Å². The minimum atomic E-state index is -0.104. The smallest absolute Gasteiger partial charge is 0.0700 e. The molecule has 0 bridgehead atoms. The number of aliphatic hydroxyl groups is 1. The minimum absolute atomic E-state index is 0.104. The van der Waals surface area contributed by atoms with Crippen LogP contribution < -0.4 is 5.32 Å². The van der Waals surface area contributed by atoms with Crippen molar-refractivity contribution in [2.45, 2.75) is 64.5 Å². The van der Waals surface area contributed by atoms with Crippen LogP contribution in [0.2, 0.25) is 0 Å². The number of nitrogens with zero attached hydrogens (tertiary/aromatic N) is 1. The zero-order valence-electron chi connectivity index (χ0n) is 13.7. The molecule has 1 aliphatic rings. The fraction of sp³-hybridized carbons (Fsp3) is 1.00. The van der Waals surface area contributed by atoms with Crippen molar-refractivity contribution in [2.24, 2.45) is 0 Å². The molecule has 1 rings (SSSR count). The second-order valence-electron chi connectivity index (χ2n) is 6.30. The van der Waals surface area contributed by atoms with E-state index in [-0.39, 0.29) is 12.1 Å². The number of unbranched alkanes of at least 4 members (excludes halogenated alkanes) is 1. The number of ether oxygens (including phenoxy) is 1. The highest BCUT2D eigenvalue weighted by Gasteiger charge is 2.22. The van der Waals surface area contributed by atoms with E-state index in [1.807, 2.05) is 0 Å². The van der Waals surface area contributed by atoms with Gasteiger partial charge in [-0.3, -0.25) is 4.90 Å². The second-order valence-corrected chi connectivity index (χ2v) is 6.30. The predicted octanol–water partition coefficient (Wildman–Crippen LogP) is 2.02. The molecule has 0 amide bonds. The number of aliphatic hydroxyl groups excluding tert-OH is 1. The quantitative estimate of drug-likeness (QED) is 0.603. The van der Waals surface area contributed by atoms with E-state index in [0.717, 1.165) is 52.0 Å². The Morgan fingerprint density at radius 2 is 2.15 bits per heavy atom. The Bertz CT molecular complexity index is 251. The number of rotatable bonds is 10. The van der Waals surface area contributed by atoms with Gasteiger partial charge in [0.2, 0.25) is 0 Å². The van der Waals surface area contributed by atoms with E-state index in [4.69, 9.17) is 4.74 Å². The molecule has 20 heavy (non-hydrogen) atoms. The van der Waals surface area contributed by atoms with Crippen molar-refractivity contribution in [1.82, 2.24) is 10.2 Å². The lowest BCUT2D eigenvalue weighted by atomic mass is 9.95. The van der Waals surface area contributed by atoms with Gasteiger partial charge < -0.3 is 15.2 Å². The van der Waals surface area contributed by atoms with E-state index < -0.39 is 0 Å². The zero-order valence-corrected chi connectivity index (χ0v) is 13.7. The van der Waals surface area contributed by atoms with Gasteiger partial charge in [-0.05, 0) is 45.7 Å². The molecule has 0 saturated carbocycles. The molecule has 4 heteroatoms. The molecule has 0 aliphatic carbocycles. The molecule has 2 N–H and O–H groups in total. The first-order valence-electron chi connectivity index (χ1n) is 8.33. The van der Waals surface area contributed by atoms with E-state index in [1.54, 1.807) is 0 Å².